The highest BCUT2D eigenvalue weighted by molar-refractivity contribution is 6.28. The summed E-state index contributed by atoms with van der Waals surface area (Å²) < 4.78 is 0. The van der Waals surface area contributed by atoms with Gasteiger partial charge in [0.25, 0.3) is 0 Å². The third-order valence-electron chi connectivity index (χ3n) is 0.885. The third kappa shape index (κ3) is 6.14. The molecule has 0 saturated heterocycles. The summed E-state index contributed by atoms with van der Waals surface area (Å²) in [6, 6.07) is 0.653. The zero-order chi connectivity index (χ0) is 6.41. The molecule has 0 aromatic carbocycles. The van der Waals surface area contributed by atoms with Gasteiger partial charge < -0.3 is 9.96 Å². The Kier molecular flexibility index (Phi) is 5.37. The molecule has 0 amide bonds. The largest absolute Gasteiger partial charge is 0.331 e. The first-order valence-electron chi connectivity index (χ1n) is 3.21. The van der Waals surface area contributed by atoms with Crippen LogP contribution >= 0.6 is 0 Å². The molecule has 0 radical (unpaired) electrons. The van der Waals surface area contributed by atoms with Crippen molar-refractivity contribution >= 4 is 9.84 Å². The lowest BCUT2D eigenvalue weighted by atomic mass is 10.4. The molecule has 0 aliphatic heterocycles. The highest BCUT2D eigenvalue weighted by Gasteiger charge is 1.87. The fraction of sp³-hybridized carbons (Fsp3) is 1.00. The van der Waals surface area contributed by atoms with Gasteiger partial charge >= 0.3 is 0 Å². The summed E-state index contributed by atoms with van der Waals surface area (Å²) >= 11 is 0. The number of hydrogen-bond donors (Lipinski definition) is 2. The van der Waals surface area contributed by atoms with Crippen LogP contribution < -0.4 is 9.96 Å². The quantitative estimate of drug-likeness (QED) is 0.401. The topological polar surface area (TPSA) is 24.1 Å². The molecule has 0 aliphatic rings. The van der Waals surface area contributed by atoms with Crippen molar-refractivity contribution in [1.29, 1.82) is 0 Å². The molecule has 0 bridgehead atoms. The standard InChI is InChI=1S/C5H16N2Si/c1-4-6-8-7-5(2)3/h5-7H,4,8H2,1-3H3. The summed E-state index contributed by atoms with van der Waals surface area (Å²) in [5.41, 5.74) is 0. The lowest BCUT2D eigenvalue weighted by molar-refractivity contribution is 0.739. The van der Waals surface area contributed by atoms with Gasteiger partial charge in [0.15, 0.2) is 9.84 Å². The minimum Gasteiger partial charge on any atom is -0.331 e. The molecule has 0 aliphatic carbocycles. The van der Waals surface area contributed by atoms with Crippen molar-refractivity contribution in [3.63, 3.8) is 0 Å². The summed E-state index contributed by atoms with van der Waals surface area (Å²) in [6.07, 6.45) is 0. The van der Waals surface area contributed by atoms with Crippen molar-refractivity contribution in [1.82, 2.24) is 9.96 Å². The Hall–Kier alpha value is 0.137. The average Bonchev–Trinajstić information content (AvgIpc) is 1.66. The molecule has 0 aromatic heterocycles. The minimum atomic E-state index is -0.136. The van der Waals surface area contributed by atoms with Crippen molar-refractivity contribution < 1.29 is 0 Å². The second-order valence-corrected chi connectivity index (χ2v) is 3.40. The van der Waals surface area contributed by atoms with E-state index in [-0.39, 0.29) is 9.84 Å². The molecule has 8 heavy (non-hydrogen) atoms. The third-order valence-corrected chi connectivity index (χ3v) is 2.66. The maximum atomic E-state index is 3.37. The van der Waals surface area contributed by atoms with Crippen molar-refractivity contribution in [3.8, 4) is 0 Å². The molecule has 0 saturated carbocycles. The van der Waals surface area contributed by atoms with Crippen molar-refractivity contribution in [2.24, 2.45) is 0 Å². The van der Waals surface area contributed by atoms with E-state index in [1.807, 2.05) is 0 Å². The number of rotatable bonds is 4. The van der Waals surface area contributed by atoms with Gasteiger partial charge in [0, 0.05) is 0 Å². The van der Waals surface area contributed by atoms with Crippen LogP contribution in [0.2, 0.25) is 0 Å². The fourth-order valence-electron chi connectivity index (χ4n) is 0.401. The van der Waals surface area contributed by atoms with E-state index in [4.69, 9.17) is 0 Å². The molecule has 50 valence electrons. The predicted molar refractivity (Wildman–Crippen MR) is 40.5 cm³/mol. The van der Waals surface area contributed by atoms with Crippen LogP contribution in [0.25, 0.3) is 0 Å². The molecule has 0 unspecified atom stereocenters. The monoisotopic (exact) mass is 132 g/mol. The average molecular weight is 132 g/mol. The molecule has 0 aromatic rings. The second kappa shape index (κ2) is 5.28. The predicted octanol–water partition coefficient (Wildman–Crippen LogP) is -0.407. The zero-order valence-electron chi connectivity index (χ0n) is 5.99. The summed E-state index contributed by atoms with van der Waals surface area (Å²) in [4.78, 5) is 6.68. The summed E-state index contributed by atoms with van der Waals surface area (Å²) in [5.74, 6) is 0. The van der Waals surface area contributed by atoms with Crippen LogP contribution in [0.3, 0.4) is 0 Å². The van der Waals surface area contributed by atoms with E-state index in [1.165, 1.54) is 0 Å². The van der Waals surface area contributed by atoms with Gasteiger partial charge in [-0.05, 0) is 12.6 Å². The van der Waals surface area contributed by atoms with E-state index in [2.05, 4.69) is 30.7 Å². The lowest BCUT2D eigenvalue weighted by Gasteiger charge is -2.05. The normalized spacial score (nSPS) is 12.0. The van der Waals surface area contributed by atoms with Crippen LogP contribution in [0.15, 0.2) is 0 Å². The number of hydrogen-bond acceptors (Lipinski definition) is 2. The molecule has 2 N–H and O–H groups in total. The molecule has 0 spiro atoms. The van der Waals surface area contributed by atoms with Gasteiger partial charge in [0.2, 0.25) is 0 Å². The molecule has 0 atom stereocenters. The first-order valence-corrected chi connectivity index (χ1v) is 4.63. The lowest BCUT2D eigenvalue weighted by Crippen LogP contribution is -2.37. The van der Waals surface area contributed by atoms with Crippen molar-refractivity contribution in [2.45, 2.75) is 26.8 Å². The van der Waals surface area contributed by atoms with Crippen LogP contribution in [-0.4, -0.2) is 22.4 Å². The zero-order valence-corrected chi connectivity index (χ0v) is 7.41. The second-order valence-electron chi connectivity index (χ2n) is 2.14. The van der Waals surface area contributed by atoms with Gasteiger partial charge in [-0.15, -0.1) is 0 Å². The van der Waals surface area contributed by atoms with Crippen molar-refractivity contribution in [3.05, 3.63) is 0 Å². The van der Waals surface area contributed by atoms with Gasteiger partial charge in [0.05, 0.1) is 0 Å². The SMILES string of the molecule is CCN[SiH2]NC(C)C. The van der Waals surface area contributed by atoms with Crippen LogP contribution in [0.5, 0.6) is 0 Å². The van der Waals surface area contributed by atoms with Crippen LogP contribution in [0, 0.1) is 0 Å². The number of nitrogens with one attached hydrogen (secondary N) is 2. The van der Waals surface area contributed by atoms with Crippen molar-refractivity contribution in [2.75, 3.05) is 6.54 Å². The van der Waals surface area contributed by atoms with Gasteiger partial charge in [-0.2, -0.15) is 0 Å². The Morgan fingerprint density at radius 3 is 2.50 bits per heavy atom. The summed E-state index contributed by atoms with van der Waals surface area (Å²) in [7, 11) is -0.136. The van der Waals surface area contributed by atoms with Crippen LogP contribution in [0.1, 0.15) is 20.8 Å². The van der Waals surface area contributed by atoms with Crippen LogP contribution in [0.4, 0.5) is 0 Å². The highest BCUT2D eigenvalue weighted by Crippen LogP contribution is 1.69. The Bertz CT molecular complexity index is 47.7. The maximum Gasteiger partial charge on any atom is 0.167 e. The Balaban J connectivity index is 2.72. The Labute approximate surface area is 54.0 Å². The van der Waals surface area contributed by atoms with E-state index >= 15 is 0 Å². The summed E-state index contributed by atoms with van der Waals surface area (Å²) in [6.45, 7) is 7.58. The van der Waals surface area contributed by atoms with Gasteiger partial charge in [-0.1, -0.05) is 20.8 Å². The molecular weight excluding hydrogens is 116 g/mol. The Morgan fingerprint density at radius 1 is 1.50 bits per heavy atom. The first-order chi connectivity index (χ1) is 3.77. The maximum absolute atomic E-state index is 3.37. The molecule has 2 nitrogen and oxygen atoms in total. The van der Waals surface area contributed by atoms with E-state index in [9.17, 15) is 0 Å². The highest BCUT2D eigenvalue weighted by atomic mass is 28.2. The van der Waals surface area contributed by atoms with Gasteiger partial charge in [-0.25, -0.2) is 0 Å². The van der Waals surface area contributed by atoms with Gasteiger partial charge in [0.1, 0.15) is 0 Å². The minimum absolute atomic E-state index is 0.136. The first kappa shape index (κ1) is 8.14. The van der Waals surface area contributed by atoms with E-state index in [0.29, 0.717) is 6.04 Å². The smallest absolute Gasteiger partial charge is 0.167 e. The van der Waals surface area contributed by atoms with Gasteiger partial charge in [-0.3, -0.25) is 0 Å². The van der Waals surface area contributed by atoms with E-state index in [0.717, 1.165) is 6.54 Å². The fourth-order valence-corrected chi connectivity index (χ4v) is 1.20. The van der Waals surface area contributed by atoms with Crippen LogP contribution in [-0.2, 0) is 0 Å². The summed E-state index contributed by atoms with van der Waals surface area (Å²) in [5, 5.41) is 0. The molecule has 0 rings (SSSR count). The van der Waals surface area contributed by atoms with E-state index in [1.54, 1.807) is 0 Å². The Morgan fingerprint density at radius 2 is 2.12 bits per heavy atom. The van der Waals surface area contributed by atoms with E-state index < -0.39 is 0 Å². The molecule has 0 heterocycles. The molecule has 3 heteroatoms. The molecule has 0 fully saturated rings. The molecular formula is C5H16N2Si.